The van der Waals surface area contributed by atoms with Crippen LogP contribution in [0.25, 0.3) is 28.1 Å². The molecule has 0 bridgehead atoms. The van der Waals surface area contributed by atoms with E-state index < -0.39 is 6.10 Å². The molecule has 34 heavy (non-hydrogen) atoms. The van der Waals surface area contributed by atoms with Crippen LogP contribution in [0.5, 0.6) is 11.5 Å². The molecule has 0 spiro atoms. The smallest absolute Gasteiger partial charge is 0.209 e. The van der Waals surface area contributed by atoms with Crippen LogP contribution in [0.4, 0.5) is 0 Å². The molecular formula is C28H26N2O4. The van der Waals surface area contributed by atoms with Crippen LogP contribution < -0.4 is 9.47 Å². The lowest BCUT2D eigenvalue weighted by Crippen LogP contribution is -2.36. The molecular weight excluding hydrogens is 428 g/mol. The Hall–Kier alpha value is -4.03. The van der Waals surface area contributed by atoms with Crippen molar-refractivity contribution < 1.29 is 19.4 Å². The maximum atomic E-state index is 13.5. The van der Waals surface area contributed by atoms with Gasteiger partial charge in [-0.15, -0.1) is 0 Å². The first kappa shape index (κ1) is 21.8. The minimum absolute atomic E-state index is 0.0331. The highest BCUT2D eigenvalue weighted by molar-refractivity contribution is 6.11. The van der Waals surface area contributed by atoms with E-state index in [1.807, 2.05) is 60.2 Å². The monoisotopic (exact) mass is 454 g/mol. The first-order chi connectivity index (χ1) is 16.6. The first-order valence-corrected chi connectivity index (χ1v) is 11.2. The molecule has 2 aromatic carbocycles. The number of carbonyl (C=O) groups excluding carboxylic acids is 1. The van der Waals surface area contributed by atoms with Gasteiger partial charge >= 0.3 is 0 Å². The summed E-state index contributed by atoms with van der Waals surface area (Å²) in [4.78, 5) is 16.8. The van der Waals surface area contributed by atoms with Crippen LogP contribution in [0.1, 0.15) is 21.6 Å². The molecule has 0 saturated carbocycles. The molecule has 3 heterocycles. The van der Waals surface area contributed by atoms with E-state index in [-0.39, 0.29) is 19.0 Å². The third-order valence-corrected chi connectivity index (χ3v) is 6.13. The second-order valence-corrected chi connectivity index (χ2v) is 8.26. The molecule has 2 aromatic heterocycles. The third kappa shape index (κ3) is 3.82. The van der Waals surface area contributed by atoms with Crippen LogP contribution >= 0.6 is 0 Å². The third-order valence-electron chi connectivity index (χ3n) is 6.13. The van der Waals surface area contributed by atoms with Crippen molar-refractivity contribution in [3.8, 4) is 22.6 Å². The summed E-state index contributed by atoms with van der Waals surface area (Å²) in [6, 6.07) is 13.4. The second-order valence-electron chi connectivity index (χ2n) is 8.26. The van der Waals surface area contributed by atoms with Crippen LogP contribution in [-0.4, -0.2) is 39.8 Å². The summed E-state index contributed by atoms with van der Waals surface area (Å²) in [6.45, 7) is 6.29. The number of aryl methyl sites for hydroxylation is 1. The zero-order chi connectivity index (χ0) is 23.7. The SMILES string of the molecule is C=C/C=C\c1c(-c2ccc3c(C(=O)C4COc5ccccc5O4)cn(CCO)c3c2)c[nH]c1C. The zero-order valence-electron chi connectivity index (χ0n) is 19.0. The number of ketones is 1. The molecule has 1 unspecified atom stereocenters. The Bertz CT molecular complexity index is 1410. The Morgan fingerprint density at radius 2 is 2.09 bits per heavy atom. The number of fused-ring (bicyclic) bond motifs is 2. The van der Waals surface area contributed by atoms with Crippen LogP contribution in [0.2, 0.25) is 0 Å². The topological polar surface area (TPSA) is 76.5 Å². The molecule has 0 radical (unpaired) electrons. The lowest BCUT2D eigenvalue weighted by atomic mass is 9.99. The van der Waals surface area contributed by atoms with Crippen molar-refractivity contribution in [3.63, 3.8) is 0 Å². The van der Waals surface area contributed by atoms with Gasteiger partial charge in [0, 0.05) is 52.2 Å². The van der Waals surface area contributed by atoms with E-state index in [0.29, 0.717) is 23.6 Å². The Morgan fingerprint density at radius 1 is 1.26 bits per heavy atom. The van der Waals surface area contributed by atoms with E-state index in [1.54, 1.807) is 18.3 Å². The van der Waals surface area contributed by atoms with Crippen molar-refractivity contribution in [1.29, 1.82) is 0 Å². The highest BCUT2D eigenvalue weighted by atomic mass is 16.6. The lowest BCUT2D eigenvalue weighted by molar-refractivity contribution is 0.0587. The standard InChI is InChI=1S/C28H26N2O4/c1-3-4-7-20-18(2)29-15-22(20)19-10-11-21-23(16-30(12-13-31)24(21)14-19)28(32)27-17-33-25-8-5-6-9-26(25)34-27/h3-11,14-16,27,29,31H,1,12-13,17H2,2H3/b7-4-. The van der Waals surface area contributed by atoms with E-state index in [2.05, 4.69) is 17.6 Å². The fraction of sp³-hybridized carbons (Fsp3) is 0.179. The highest BCUT2D eigenvalue weighted by Gasteiger charge is 2.30. The normalized spacial score (nSPS) is 15.2. The summed E-state index contributed by atoms with van der Waals surface area (Å²) in [5.74, 6) is 1.06. The van der Waals surface area contributed by atoms with Gasteiger partial charge in [-0.3, -0.25) is 4.79 Å². The molecule has 1 aliphatic heterocycles. The molecule has 172 valence electrons. The number of para-hydroxylation sites is 2. The zero-order valence-corrected chi connectivity index (χ0v) is 19.0. The molecule has 4 aromatic rings. The van der Waals surface area contributed by atoms with E-state index in [0.717, 1.165) is 33.3 Å². The number of aliphatic hydroxyl groups is 1. The lowest BCUT2D eigenvalue weighted by Gasteiger charge is -2.25. The number of hydrogen-bond donors (Lipinski definition) is 2. The molecule has 0 aliphatic carbocycles. The number of aromatic nitrogens is 2. The molecule has 6 heteroatoms. The Kier molecular flexibility index (Phi) is 5.82. The van der Waals surface area contributed by atoms with Crippen molar-refractivity contribution in [2.75, 3.05) is 13.2 Å². The minimum atomic E-state index is -0.731. The molecule has 0 saturated heterocycles. The van der Waals surface area contributed by atoms with Gasteiger partial charge in [-0.2, -0.15) is 0 Å². The van der Waals surface area contributed by atoms with Gasteiger partial charge in [0.2, 0.25) is 5.78 Å². The van der Waals surface area contributed by atoms with E-state index in [4.69, 9.17) is 9.47 Å². The van der Waals surface area contributed by atoms with E-state index >= 15 is 0 Å². The van der Waals surface area contributed by atoms with E-state index in [9.17, 15) is 9.90 Å². The predicted molar refractivity (Wildman–Crippen MR) is 133 cm³/mol. The highest BCUT2D eigenvalue weighted by Crippen LogP contribution is 2.35. The number of allylic oxidation sites excluding steroid dienone is 2. The fourth-order valence-corrected chi connectivity index (χ4v) is 4.43. The minimum Gasteiger partial charge on any atom is -0.485 e. The number of Topliss-reactive ketones (excluding diaryl/α,β-unsaturated/α-hetero) is 1. The second kappa shape index (κ2) is 9.08. The molecule has 0 amide bonds. The quantitative estimate of drug-likeness (QED) is 0.299. The van der Waals surface area contributed by atoms with E-state index in [1.165, 1.54) is 0 Å². The molecule has 1 aliphatic rings. The average molecular weight is 455 g/mol. The summed E-state index contributed by atoms with van der Waals surface area (Å²) in [7, 11) is 0. The molecule has 5 rings (SSSR count). The van der Waals surface area contributed by atoms with Crippen molar-refractivity contribution in [2.24, 2.45) is 0 Å². The largest absolute Gasteiger partial charge is 0.485 e. The van der Waals surface area contributed by atoms with Crippen LogP contribution in [0.3, 0.4) is 0 Å². The number of H-pyrrole nitrogens is 1. The average Bonchev–Trinajstić information content (AvgIpc) is 3.42. The maximum absolute atomic E-state index is 13.5. The number of benzene rings is 2. The molecule has 6 nitrogen and oxygen atoms in total. The van der Waals surface area contributed by atoms with Gasteiger partial charge in [0.05, 0.1) is 6.61 Å². The van der Waals surface area contributed by atoms with Gasteiger partial charge in [0.25, 0.3) is 0 Å². The molecule has 1 atom stereocenters. The van der Waals surface area contributed by atoms with Crippen molar-refractivity contribution in [3.05, 3.63) is 90.4 Å². The maximum Gasteiger partial charge on any atom is 0.209 e. The Balaban J connectivity index is 1.55. The van der Waals surface area contributed by atoms with Crippen molar-refractivity contribution in [1.82, 2.24) is 9.55 Å². The van der Waals surface area contributed by atoms with Gasteiger partial charge in [0.15, 0.2) is 17.6 Å². The van der Waals surface area contributed by atoms with Gasteiger partial charge in [-0.1, -0.05) is 49.1 Å². The summed E-state index contributed by atoms with van der Waals surface area (Å²) in [5.41, 5.74) is 5.65. The number of aromatic amines is 1. The summed E-state index contributed by atoms with van der Waals surface area (Å²) < 4.78 is 13.6. The summed E-state index contributed by atoms with van der Waals surface area (Å²) in [6.07, 6.45) is 8.74. The van der Waals surface area contributed by atoms with Crippen LogP contribution in [-0.2, 0) is 6.54 Å². The van der Waals surface area contributed by atoms with Crippen LogP contribution in [0, 0.1) is 6.92 Å². The number of carbonyl (C=O) groups is 1. The van der Waals surface area contributed by atoms with Crippen molar-refractivity contribution in [2.45, 2.75) is 19.6 Å². The fourth-order valence-electron chi connectivity index (χ4n) is 4.43. The van der Waals surface area contributed by atoms with Gasteiger partial charge < -0.3 is 24.1 Å². The number of nitrogens with one attached hydrogen (secondary N) is 1. The van der Waals surface area contributed by atoms with Crippen LogP contribution in [0.15, 0.2) is 73.6 Å². The molecule has 0 fully saturated rings. The van der Waals surface area contributed by atoms with Crippen molar-refractivity contribution >= 4 is 22.8 Å². The predicted octanol–water partition coefficient (Wildman–Crippen LogP) is 5.16. The summed E-state index contributed by atoms with van der Waals surface area (Å²) in [5, 5.41) is 10.5. The number of aliphatic hydroxyl groups excluding tert-OH is 1. The Labute approximate surface area is 197 Å². The number of nitrogens with zero attached hydrogens (tertiary/aromatic N) is 1. The number of rotatable bonds is 7. The summed E-state index contributed by atoms with van der Waals surface area (Å²) >= 11 is 0. The molecule has 2 N–H and O–H groups in total. The van der Waals surface area contributed by atoms with Gasteiger partial charge in [-0.05, 0) is 30.7 Å². The van der Waals surface area contributed by atoms with Gasteiger partial charge in [0.1, 0.15) is 6.61 Å². The van der Waals surface area contributed by atoms with Gasteiger partial charge in [-0.25, -0.2) is 0 Å². The number of ether oxygens (including phenoxy) is 2. The first-order valence-electron chi connectivity index (χ1n) is 11.2. The Morgan fingerprint density at radius 3 is 2.88 bits per heavy atom. The number of hydrogen-bond acceptors (Lipinski definition) is 4.